The first-order valence-corrected chi connectivity index (χ1v) is 10.4. The topological polar surface area (TPSA) is 84.0 Å². The van der Waals surface area contributed by atoms with E-state index in [1.54, 1.807) is 0 Å². The monoisotopic (exact) mass is 408 g/mol. The number of amides is 2. The maximum Gasteiger partial charge on any atom is 0.286 e. The van der Waals surface area contributed by atoms with Crippen molar-refractivity contribution >= 4 is 28.8 Å². The minimum atomic E-state index is -0.267. The van der Waals surface area contributed by atoms with Crippen LogP contribution in [0.3, 0.4) is 0 Å². The van der Waals surface area contributed by atoms with Gasteiger partial charge in [-0.05, 0) is 37.5 Å². The normalized spacial score (nSPS) is 10.5. The molecule has 0 fully saturated rings. The molecular formula is C22H24N4O2S. The molecule has 0 saturated heterocycles. The summed E-state index contributed by atoms with van der Waals surface area (Å²) in [7, 11) is 0. The van der Waals surface area contributed by atoms with E-state index in [1.165, 1.54) is 16.9 Å². The standard InChI is InChI=1S/C22H24N4O2S/c1-16-10-12-18(13-11-16)24-21(28)22-26-25-20(29-22)9-5-8-19(27)23-15-14-17-6-3-2-4-7-17/h2-4,6-7,10-13H,5,8-9,14-15H2,1H3,(H,23,27)(H,24,28). The van der Waals surface area contributed by atoms with Gasteiger partial charge in [-0.25, -0.2) is 0 Å². The van der Waals surface area contributed by atoms with Crippen LogP contribution in [-0.2, 0) is 17.6 Å². The molecule has 0 aliphatic rings. The van der Waals surface area contributed by atoms with Crippen molar-refractivity contribution in [2.75, 3.05) is 11.9 Å². The van der Waals surface area contributed by atoms with Crippen molar-refractivity contribution in [2.24, 2.45) is 0 Å². The van der Waals surface area contributed by atoms with Crippen LogP contribution >= 0.6 is 11.3 Å². The Hall–Kier alpha value is -3.06. The fourth-order valence-corrected chi connectivity index (χ4v) is 3.52. The van der Waals surface area contributed by atoms with Gasteiger partial charge in [0, 0.05) is 25.1 Å². The van der Waals surface area contributed by atoms with Gasteiger partial charge in [0.1, 0.15) is 5.01 Å². The highest BCUT2D eigenvalue weighted by Crippen LogP contribution is 2.15. The zero-order valence-corrected chi connectivity index (χ0v) is 17.2. The highest BCUT2D eigenvalue weighted by Gasteiger charge is 2.13. The largest absolute Gasteiger partial charge is 0.356 e. The Balaban J connectivity index is 1.37. The average molecular weight is 409 g/mol. The van der Waals surface area contributed by atoms with Crippen molar-refractivity contribution in [1.29, 1.82) is 0 Å². The predicted molar refractivity (Wildman–Crippen MR) is 115 cm³/mol. The maximum absolute atomic E-state index is 12.3. The number of hydrogen-bond donors (Lipinski definition) is 2. The van der Waals surface area contributed by atoms with E-state index in [0.29, 0.717) is 30.8 Å². The summed E-state index contributed by atoms with van der Waals surface area (Å²) in [6.45, 7) is 2.62. The lowest BCUT2D eigenvalue weighted by molar-refractivity contribution is -0.121. The molecule has 1 aromatic heterocycles. The summed E-state index contributed by atoms with van der Waals surface area (Å²) < 4.78 is 0. The molecule has 2 amide bonds. The summed E-state index contributed by atoms with van der Waals surface area (Å²) >= 11 is 1.26. The molecule has 0 saturated carbocycles. The molecular weight excluding hydrogens is 384 g/mol. The molecule has 150 valence electrons. The summed E-state index contributed by atoms with van der Waals surface area (Å²) in [6.07, 6.45) is 2.55. The number of nitrogens with zero attached hydrogens (tertiary/aromatic N) is 2. The van der Waals surface area contributed by atoms with E-state index < -0.39 is 0 Å². The third-order valence-corrected chi connectivity index (χ3v) is 5.33. The summed E-state index contributed by atoms with van der Waals surface area (Å²) in [4.78, 5) is 24.2. The highest BCUT2D eigenvalue weighted by atomic mass is 32.1. The van der Waals surface area contributed by atoms with Gasteiger partial charge in [0.15, 0.2) is 0 Å². The van der Waals surface area contributed by atoms with E-state index >= 15 is 0 Å². The first kappa shape index (κ1) is 20.7. The highest BCUT2D eigenvalue weighted by molar-refractivity contribution is 7.13. The lowest BCUT2D eigenvalue weighted by Crippen LogP contribution is -2.25. The molecule has 0 unspecified atom stereocenters. The second-order valence-corrected chi connectivity index (χ2v) is 7.82. The molecule has 0 aliphatic heterocycles. The molecule has 0 spiro atoms. The number of aromatic nitrogens is 2. The maximum atomic E-state index is 12.3. The molecule has 7 heteroatoms. The van der Waals surface area contributed by atoms with Crippen LogP contribution in [0.4, 0.5) is 5.69 Å². The van der Waals surface area contributed by atoms with Crippen LogP contribution in [0, 0.1) is 6.92 Å². The first-order valence-electron chi connectivity index (χ1n) is 9.61. The Bertz CT molecular complexity index is 939. The van der Waals surface area contributed by atoms with Gasteiger partial charge in [-0.2, -0.15) is 0 Å². The molecule has 3 rings (SSSR count). The smallest absolute Gasteiger partial charge is 0.286 e. The van der Waals surface area contributed by atoms with Crippen molar-refractivity contribution in [2.45, 2.75) is 32.6 Å². The van der Waals surface area contributed by atoms with Crippen LogP contribution in [0.1, 0.15) is 38.8 Å². The SMILES string of the molecule is Cc1ccc(NC(=O)c2nnc(CCCC(=O)NCCc3ccccc3)s2)cc1. The Kier molecular flexibility index (Phi) is 7.47. The number of anilines is 1. The van der Waals surface area contributed by atoms with Gasteiger partial charge in [0.25, 0.3) is 5.91 Å². The van der Waals surface area contributed by atoms with Gasteiger partial charge in [0.05, 0.1) is 0 Å². The summed E-state index contributed by atoms with van der Waals surface area (Å²) in [6, 6.07) is 17.6. The number of benzene rings is 2. The van der Waals surface area contributed by atoms with Crippen LogP contribution < -0.4 is 10.6 Å². The van der Waals surface area contributed by atoms with Gasteiger partial charge in [-0.1, -0.05) is 59.4 Å². The van der Waals surface area contributed by atoms with E-state index in [2.05, 4.69) is 20.8 Å². The molecule has 0 radical (unpaired) electrons. The van der Waals surface area contributed by atoms with Gasteiger partial charge in [-0.3, -0.25) is 9.59 Å². The fourth-order valence-electron chi connectivity index (χ4n) is 2.75. The van der Waals surface area contributed by atoms with Crippen LogP contribution in [0.15, 0.2) is 54.6 Å². The van der Waals surface area contributed by atoms with Crippen LogP contribution in [-0.4, -0.2) is 28.6 Å². The van der Waals surface area contributed by atoms with E-state index in [4.69, 9.17) is 0 Å². The second-order valence-electron chi connectivity index (χ2n) is 6.76. The van der Waals surface area contributed by atoms with Crippen molar-refractivity contribution in [3.63, 3.8) is 0 Å². The van der Waals surface area contributed by atoms with Gasteiger partial charge < -0.3 is 10.6 Å². The first-order chi connectivity index (χ1) is 14.1. The van der Waals surface area contributed by atoms with Crippen molar-refractivity contribution in [3.05, 3.63) is 75.7 Å². The Morgan fingerprint density at radius 2 is 1.72 bits per heavy atom. The van der Waals surface area contributed by atoms with Crippen LogP contribution in [0.2, 0.25) is 0 Å². The number of carbonyl (C=O) groups is 2. The van der Waals surface area contributed by atoms with E-state index in [1.807, 2.05) is 61.5 Å². The molecule has 0 atom stereocenters. The van der Waals surface area contributed by atoms with Gasteiger partial charge in [-0.15, -0.1) is 10.2 Å². The van der Waals surface area contributed by atoms with Crippen LogP contribution in [0.5, 0.6) is 0 Å². The molecule has 2 N–H and O–H groups in total. The van der Waals surface area contributed by atoms with E-state index in [0.717, 1.165) is 22.7 Å². The number of aryl methyl sites for hydroxylation is 2. The molecule has 3 aromatic rings. The van der Waals surface area contributed by atoms with Gasteiger partial charge in [0.2, 0.25) is 10.9 Å². The molecule has 2 aromatic carbocycles. The van der Waals surface area contributed by atoms with Crippen molar-refractivity contribution in [1.82, 2.24) is 15.5 Å². The minimum Gasteiger partial charge on any atom is -0.356 e. The Morgan fingerprint density at radius 1 is 0.966 bits per heavy atom. The van der Waals surface area contributed by atoms with Gasteiger partial charge >= 0.3 is 0 Å². The van der Waals surface area contributed by atoms with Crippen molar-refractivity contribution in [3.8, 4) is 0 Å². The van der Waals surface area contributed by atoms with Crippen molar-refractivity contribution < 1.29 is 9.59 Å². The average Bonchev–Trinajstić information content (AvgIpc) is 3.20. The molecule has 0 bridgehead atoms. The van der Waals surface area contributed by atoms with E-state index in [9.17, 15) is 9.59 Å². The molecule has 6 nitrogen and oxygen atoms in total. The third-order valence-electron chi connectivity index (χ3n) is 4.34. The quantitative estimate of drug-likeness (QED) is 0.564. The zero-order valence-electron chi connectivity index (χ0n) is 16.4. The lowest BCUT2D eigenvalue weighted by atomic mass is 10.1. The molecule has 1 heterocycles. The molecule has 0 aliphatic carbocycles. The fraction of sp³-hybridized carbons (Fsp3) is 0.273. The summed E-state index contributed by atoms with van der Waals surface area (Å²) in [5.41, 5.74) is 3.06. The number of carbonyl (C=O) groups excluding carboxylic acids is 2. The second kappa shape index (κ2) is 10.5. The Labute approximate surface area is 174 Å². The number of rotatable bonds is 9. The van der Waals surface area contributed by atoms with Crippen LogP contribution in [0.25, 0.3) is 0 Å². The summed E-state index contributed by atoms with van der Waals surface area (Å²) in [5.74, 6) is -0.237. The zero-order chi connectivity index (χ0) is 20.5. The van der Waals surface area contributed by atoms with E-state index in [-0.39, 0.29) is 11.8 Å². The predicted octanol–water partition coefficient (Wildman–Crippen LogP) is 3.78. The summed E-state index contributed by atoms with van der Waals surface area (Å²) in [5, 5.41) is 14.9. The number of hydrogen-bond acceptors (Lipinski definition) is 5. The minimum absolute atomic E-state index is 0.0304. The third kappa shape index (κ3) is 6.80. The molecule has 29 heavy (non-hydrogen) atoms. The Morgan fingerprint density at radius 3 is 2.48 bits per heavy atom. The lowest BCUT2D eigenvalue weighted by Gasteiger charge is -2.04. The number of nitrogens with one attached hydrogen (secondary N) is 2.